The molecule has 0 saturated heterocycles. The van der Waals surface area contributed by atoms with E-state index < -0.39 is 10.0 Å². The average molecular weight is 481 g/mol. The summed E-state index contributed by atoms with van der Waals surface area (Å²) in [5, 5.41) is 2.89. The molecule has 0 aliphatic rings. The number of methoxy groups -OCH3 is 1. The van der Waals surface area contributed by atoms with Gasteiger partial charge in [0, 0.05) is 19.7 Å². The van der Waals surface area contributed by atoms with Gasteiger partial charge in [-0.3, -0.25) is 4.79 Å². The Labute approximate surface area is 200 Å². The molecule has 8 heteroatoms. The maximum absolute atomic E-state index is 13.0. The molecule has 0 saturated carbocycles. The largest absolute Gasteiger partial charge is 0.497 e. The first kappa shape index (κ1) is 25.0. The lowest BCUT2D eigenvalue weighted by Crippen LogP contribution is -2.28. The van der Waals surface area contributed by atoms with Crippen molar-refractivity contribution in [1.29, 1.82) is 0 Å². The summed E-state index contributed by atoms with van der Waals surface area (Å²) in [5.41, 5.74) is 2.21. The van der Waals surface area contributed by atoms with Crippen LogP contribution in [-0.4, -0.2) is 53.0 Å². The van der Waals surface area contributed by atoms with Gasteiger partial charge in [-0.15, -0.1) is 0 Å². The van der Waals surface area contributed by atoms with Crippen LogP contribution in [0.25, 0.3) is 11.6 Å². The third-order valence-corrected chi connectivity index (χ3v) is 6.84. The van der Waals surface area contributed by atoms with Crippen molar-refractivity contribution in [3.63, 3.8) is 0 Å². The molecule has 0 radical (unpaired) electrons. The number of nitrogens with zero attached hydrogens (tertiary/aromatic N) is 1. The fourth-order valence-corrected chi connectivity index (χ4v) is 4.01. The van der Waals surface area contributed by atoms with Crippen LogP contribution in [-0.2, 0) is 14.8 Å². The Balaban J connectivity index is 1.63. The first-order chi connectivity index (χ1) is 16.3. The van der Waals surface area contributed by atoms with E-state index >= 15 is 0 Å². The van der Waals surface area contributed by atoms with Crippen molar-refractivity contribution in [2.24, 2.45) is 0 Å². The Morgan fingerprint density at radius 2 is 1.53 bits per heavy atom. The first-order valence-electron chi connectivity index (χ1n) is 10.7. The summed E-state index contributed by atoms with van der Waals surface area (Å²) in [6.07, 6.45) is 1.83. The van der Waals surface area contributed by atoms with Gasteiger partial charge in [0.15, 0.2) is 0 Å². The van der Waals surface area contributed by atoms with Gasteiger partial charge in [0.05, 0.1) is 18.6 Å². The standard InChI is InChI=1S/C26H28N2O5S/c1-28(2)34(30,31)24-15-13-23(14-16-24)33-18-17-27-26(29)25(21-7-5-4-6-8-21)19-20-9-11-22(32-3)12-10-20/h4-16,19H,17-18H2,1-3H3,(H,27,29)/b25-19+. The van der Waals surface area contributed by atoms with E-state index in [9.17, 15) is 13.2 Å². The molecule has 3 aromatic carbocycles. The van der Waals surface area contributed by atoms with Gasteiger partial charge in [-0.1, -0.05) is 42.5 Å². The van der Waals surface area contributed by atoms with Crippen LogP contribution in [0.1, 0.15) is 11.1 Å². The highest BCUT2D eigenvalue weighted by molar-refractivity contribution is 7.89. The second-order valence-electron chi connectivity index (χ2n) is 7.56. The highest BCUT2D eigenvalue weighted by atomic mass is 32.2. The fourth-order valence-electron chi connectivity index (χ4n) is 3.11. The molecule has 7 nitrogen and oxygen atoms in total. The smallest absolute Gasteiger partial charge is 0.252 e. The molecule has 34 heavy (non-hydrogen) atoms. The third-order valence-electron chi connectivity index (χ3n) is 5.01. The Kier molecular flexibility index (Phi) is 8.45. The van der Waals surface area contributed by atoms with Crippen LogP contribution in [0.15, 0.2) is 83.8 Å². The van der Waals surface area contributed by atoms with Crippen molar-refractivity contribution in [2.75, 3.05) is 34.4 Å². The number of benzene rings is 3. The van der Waals surface area contributed by atoms with Crippen molar-refractivity contribution >= 4 is 27.6 Å². The molecule has 0 bridgehead atoms. The summed E-state index contributed by atoms with van der Waals surface area (Å²) in [6.45, 7) is 0.513. The molecule has 0 spiro atoms. The van der Waals surface area contributed by atoms with Crippen LogP contribution in [0.4, 0.5) is 0 Å². The Hall–Kier alpha value is -3.62. The van der Waals surface area contributed by atoms with Crippen molar-refractivity contribution in [2.45, 2.75) is 4.90 Å². The summed E-state index contributed by atoms with van der Waals surface area (Å²) in [5.74, 6) is 1.04. The van der Waals surface area contributed by atoms with Gasteiger partial charge in [-0.25, -0.2) is 12.7 Å². The highest BCUT2D eigenvalue weighted by Gasteiger charge is 2.17. The predicted octanol–water partition coefficient (Wildman–Crippen LogP) is 3.68. The van der Waals surface area contributed by atoms with Gasteiger partial charge in [0.25, 0.3) is 5.91 Å². The maximum atomic E-state index is 13.0. The lowest BCUT2D eigenvalue weighted by Gasteiger charge is -2.13. The minimum atomic E-state index is -3.49. The fraction of sp³-hybridized carbons (Fsp3) is 0.192. The molecular formula is C26H28N2O5S. The number of hydrogen-bond donors (Lipinski definition) is 1. The van der Waals surface area contributed by atoms with Gasteiger partial charge < -0.3 is 14.8 Å². The van der Waals surface area contributed by atoms with E-state index in [1.165, 1.54) is 26.2 Å². The summed E-state index contributed by atoms with van der Waals surface area (Å²) in [6, 6.07) is 23.1. The number of sulfonamides is 1. The predicted molar refractivity (Wildman–Crippen MR) is 133 cm³/mol. The van der Waals surface area contributed by atoms with E-state index in [0.717, 1.165) is 21.2 Å². The van der Waals surface area contributed by atoms with E-state index in [-0.39, 0.29) is 24.0 Å². The molecule has 0 aliphatic carbocycles. The SMILES string of the molecule is COc1ccc(/C=C(/C(=O)NCCOc2ccc(S(=O)(=O)N(C)C)cc2)c2ccccc2)cc1. The second-order valence-corrected chi connectivity index (χ2v) is 9.71. The minimum Gasteiger partial charge on any atom is -0.497 e. The molecular weight excluding hydrogens is 452 g/mol. The molecule has 0 atom stereocenters. The monoisotopic (exact) mass is 480 g/mol. The van der Waals surface area contributed by atoms with Crippen LogP contribution in [0.5, 0.6) is 11.5 Å². The van der Waals surface area contributed by atoms with Crippen molar-refractivity contribution in [3.8, 4) is 11.5 Å². The molecule has 1 N–H and O–H groups in total. The summed E-state index contributed by atoms with van der Waals surface area (Å²) < 4.78 is 36.3. The summed E-state index contributed by atoms with van der Waals surface area (Å²) >= 11 is 0. The Bertz CT molecular complexity index is 1220. The van der Waals surface area contributed by atoms with Crippen LogP contribution in [0, 0.1) is 0 Å². The quantitative estimate of drug-likeness (QED) is 0.272. The van der Waals surface area contributed by atoms with Crippen molar-refractivity contribution in [3.05, 3.63) is 90.0 Å². The van der Waals surface area contributed by atoms with E-state index in [1.54, 1.807) is 19.2 Å². The number of carbonyl (C=O) groups is 1. The average Bonchev–Trinajstić information content (AvgIpc) is 2.86. The zero-order valence-electron chi connectivity index (χ0n) is 19.4. The van der Waals surface area contributed by atoms with Gasteiger partial charge in [0.1, 0.15) is 18.1 Å². The van der Waals surface area contributed by atoms with Crippen LogP contribution in [0.3, 0.4) is 0 Å². The maximum Gasteiger partial charge on any atom is 0.252 e. The molecule has 0 fully saturated rings. The van der Waals surface area contributed by atoms with E-state index in [4.69, 9.17) is 9.47 Å². The number of hydrogen-bond acceptors (Lipinski definition) is 5. The Morgan fingerprint density at radius 1 is 0.912 bits per heavy atom. The molecule has 0 aliphatic heterocycles. The molecule has 0 unspecified atom stereocenters. The topological polar surface area (TPSA) is 84.9 Å². The molecule has 3 rings (SSSR count). The van der Waals surface area contributed by atoms with E-state index in [1.807, 2.05) is 60.7 Å². The van der Waals surface area contributed by atoms with Crippen LogP contribution < -0.4 is 14.8 Å². The molecule has 0 aromatic heterocycles. The number of nitrogens with one attached hydrogen (secondary N) is 1. The number of rotatable bonds is 10. The lowest BCUT2D eigenvalue weighted by atomic mass is 10.0. The zero-order chi connectivity index (χ0) is 24.6. The normalized spacial score (nSPS) is 11.8. The summed E-state index contributed by atoms with van der Waals surface area (Å²) in [4.78, 5) is 13.2. The zero-order valence-corrected chi connectivity index (χ0v) is 20.2. The summed E-state index contributed by atoms with van der Waals surface area (Å²) in [7, 11) is 1.08. The van der Waals surface area contributed by atoms with Gasteiger partial charge in [0.2, 0.25) is 10.0 Å². The first-order valence-corrected chi connectivity index (χ1v) is 12.1. The van der Waals surface area contributed by atoms with Crippen LogP contribution >= 0.6 is 0 Å². The van der Waals surface area contributed by atoms with E-state index in [0.29, 0.717) is 11.3 Å². The lowest BCUT2D eigenvalue weighted by molar-refractivity contribution is -0.115. The Morgan fingerprint density at radius 3 is 2.12 bits per heavy atom. The molecule has 178 valence electrons. The molecule has 1 amide bonds. The van der Waals surface area contributed by atoms with Crippen LogP contribution in [0.2, 0.25) is 0 Å². The number of carbonyl (C=O) groups excluding carboxylic acids is 1. The van der Waals surface area contributed by atoms with Gasteiger partial charge >= 0.3 is 0 Å². The highest BCUT2D eigenvalue weighted by Crippen LogP contribution is 2.21. The minimum absolute atomic E-state index is 0.189. The van der Waals surface area contributed by atoms with Gasteiger partial charge in [-0.05, 0) is 53.6 Å². The van der Waals surface area contributed by atoms with Crippen molar-refractivity contribution in [1.82, 2.24) is 9.62 Å². The number of ether oxygens (including phenoxy) is 2. The third kappa shape index (κ3) is 6.46. The van der Waals surface area contributed by atoms with Crippen molar-refractivity contribution < 1.29 is 22.7 Å². The van der Waals surface area contributed by atoms with Gasteiger partial charge in [-0.2, -0.15) is 0 Å². The molecule has 0 heterocycles. The molecule has 3 aromatic rings. The second kappa shape index (κ2) is 11.5. The van der Waals surface area contributed by atoms with E-state index in [2.05, 4.69) is 5.32 Å². The number of amides is 1.